The summed E-state index contributed by atoms with van der Waals surface area (Å²) >= 11 is 6.70. The molecule has 28 heavy (non-hydrogen) atoms. The Hall–Kier alpha value is -2.64. The zero-order chi connectivity index (χ0) is 20.1. The molecule has 8 heteroatoms. The van der Waals surface area contributed by atoms with Crippen LogP contribution in [0.5, 0.6) is 0 Å². The lowest BCUT2D eigenvalue weighted by molar-refractivity contribution is -0.124. The molecular formula is C20H16ClFN2O3S. The number of benzene rings is 2. The quantitative estimate of drug-likeness (QED) is 0.723. The third kappa shape index (κ3) is 5.21. The van der Waals surface area contributed by atoms with Crippen LogP contribution in [0.15, 0.2) is 53.4 Å². The predicted octanol–water partition coefficient (Wildman–Crippen LogP) is 3.87. The summed E-state index contributed by atoms with van der Waals surface area (Å²) in [6.45, 7) is 0.226. The summed E-state index contributed by atoms with van der Waals surface area (Å²) in [5, 5.41) is 2.87. The molecule has 3 rings (SSSR count). The SMILES string of the molecule is O=C(Cc1ccc(F)cc1)NCCN1C(=O)S/C(=C\c2ccc(Cl)cc2)C1=O. The number of halogens is 2. The van der Waals surface area contributed by atoms with Gasteiger partial charge in [-0.2, -0.15) is 0 Å². The minimum Gasteiger partial charge on any atom is -0.354 e. The maximum atomic E-state index is 12.9. The topological polar surface area (TPSA) is 66.5 Å². The van der Waals surface area contributed by atoms with Crippen LogP contribution < -0.4 is 5.32 Å². The number of carbonyl (C=O) groups excluding carboxylic acids is 3. The molecule has 0 saturated carbocycles. The van der Waals surface area contributed by atoms with Crippen molar-refractivity contribution in [3.05, 3.63) is 75.4 Å². The van der Waals surface area contributed by atoms with Gasteiger partial charge in [0, 0.05) is 18.1 Å². The molecule has 0 radical (unpaired) electrons. The molecule has 0 spiro atoms. The third-order valence-electron chi connectivity index (χ3n) is 3.98. The van der Waals surface area contributed by atoms with Crippen molar-refractivity contribution in [2.24, 2.45) is 0 Å². The Morgan fingerprint density at radius 1 is 1.11 bits per heavy atom. The van der Waals surface area contributed by atoms with Gasteiger partial charge in [0.05, 0.1) is 11.3 Å². The molecule has 1 fully saturated rings. The molecule has 144 valence electrons. The van der Waals surface area contributed by atoms with Gasteiger partial charge in [0.1, 0.15) is 5.82 Å². The molecule has 2 aromatic carbocycles. The fourth-order valence-corrected chi connectivity index (χ4v) is 3.55. The average molecular weight is 419 g/mol. The molecule has 0 aliphatic carbocycles. The van der Waals surface area contributed by atoms with Crippen LogP contribution in [0.2, 0.25) is 5.02 Å². The summed E-state index contributed by atoms with van der Waals surface area (Å²) in [6.07, 6.45) is 1.73. The Kier molecular flexibility index (Phi) is 6.49. The lowest BCUT2D eigenvalue weighted by Crippen LogP contribution is -2.37. The van der Waals surface area contributed by atoms with Crippen LogP contribution in [-0.2, 0) is 16.0 Å². The minimum absolute atomic E-state index is 0.0811. The van der Waals surface area contributed by atoms with Crippen molar-refractivity contribution in [1.29, 1.82) is 0 Å². The second-order valence-electron chi connectivity index (χ2n) is 6.04. The fourth-order valence-electron chi connectivity index (χ4n) is 2.56. The van der Waals surface area contributed by atoms with Crippen molar-refractivity contribution < 1.29 is 18.8 Å². The van der Waals surface area contributed by atoms with Crippen LogP contribution in [0.25, 0.3) is 6.08 Å². The number of nitrogens with zero attached hydrogens (tertiary/aromatic N) is 1. The number of imide groups is 1. The fraction of sp³-hybridized carbons (Fsp3) is 0.150. The molecule has 1 N–H and O–H groups in total. The van der Waals surface area contributed by atoms with Crippen LogP contribution in [0.3, 0.4) is 0 Å². The van der Waals surface area contributed by atoms with Gasteiger partial charge in [-0.1, -0.05) is 35.9 Å². The van der Waals surface area contributed by atoms with E-state index in [1.54, 1.807) is 30.3 Å². The number of thioether (sulfide) groups is 1. The van der Waals surface area contributed by atoms with Crippen LogP contribution in [0, 0.1) is 5.82 Å². The van der Waals surface area contributed by atoms with E-state index >= 15 is 0 Å². The molecule has 0 atom stereocenters. The van der Waals surface area contributed by atoms with Gasteiger partial charge in [0.25, 0.3) is 11.1 Å². The Labute approximate surface area is 170 Å². The van der Waals surface area contributed by atoms with Crippen LogP contribution >= 0.6 is 23.4 Å². The lowest BCUT2D eigenvalue weighted by atomic mass is 10.1. The molecule has 1 aliphatic heterocycles. The molecule has 0 unspecified atom stereocenters. The van der Waals surface area contributed by atoms with Crippen molar-refractivity contribution in [3.8, 4) is 0 Å². The molecule has 0 aromatic heterocycles. The van der Waals surface area contributed by atoms with E-state index < -0.39 is 5.91 Å². The van der Waals surface area contributed by atoms with Crippen LogP contribution in [0.1, 0.15) is 11.1 Å². The number of rotatable bonds is 6. The highest BCUT2D eigenvalue weighted by molar-refractivity contribution is 8.18. The molecular weight excluding hydrogens is 403 g/mol. The highest BCUT2D eigenvalue weighted by Gasteiger charge is 2.34. The number of hydrogen-bond donors (Lipinski definition) is 1. The van der Waals surface area contributed by atoms with Crippen molar-refractivity contribution >= 4 is 46.5 Å². The Balaban J connectivity index is 1.52. The smallest absolute Gasteiger partial charge is 0.293 e. The van der Waals surface area contributed by atoms with E-state index in [0.29, 0.717) is 15.5 Å². The Bertz CT molecular complexity index is 929. The first-order chi connectivity index (χ1) is 13.4. The maximum Gasteiger partial charge on any atom is 0.293 e. The van der Waals surface area contributed by atoms with Gasteiger partial charge in [0.15, 0.2) is 0 Å². The standard InChI is InChI=1S/C20H16ClFN2O3S/c21-15-5-1-13(2-6-15)11-17-19(26)24(20(27)28-17)10-9-23-18(25)12-14-3-7-16(22)8-4-14/h1-8,11H,9-10,12H2,(H,23,25)/b17-11-. The van der Waals surface area contributed by atoms with Gasteiger partial charge in [-0.25, -0.2) is 4.39 Å². The summed E-state index contributed by atoms with van der Waals surface area (Å²) in [5.41, 5.74) is 1.44. The first kappa shape index (κ1) is 20.1. The first-order valence-corrected chi connectivity index (χ1v) is 9.64. The normalized spacial score (nSPS) is 15.4. The van der Waals surface area contributed by atoms with E-state index in [4.69, 9.17) is 11.6 Å². The number of carbonyl (C=O) groups is 3. The zero-order valence-corrected chi connectivity index (χ0v) is 16.2. The van der Waals surface area contributed by atoms with Gasteiger partial charge in [-0.05, 0) is 53.2 Å². The number of nitrogens with one attached hydrogen (secondary N) is 1. The number of hydrogen-bond acceptors (Lipinski definition) is 4. The van der Waals surface area contributed by atoms with E-state index in [1.165, 1.54) is 24.3 Å². The summed E-state index contributed by atoms with van der Waals surface area (Å²) in [6, 6.07) is 12.6. The van der Waals surface area contributed by atoms with Crippen LogP contribution in [0.4, 0.5) is 9.18 Å². The van der Waals surface area contributed by atoms with Crippen LogP contribution in [-0.4, -0.2) is 35.0 Å². The van der Waals surface area contributed by atoms with Gasteiger partial charge in [0.2, 0.25) is 5.91 Å². The summed E-state index contributed by atoms with van der Waals surface area (Å²) < 4.78 is 12.9. The molecule has 3 amide bonds. The highest BCUT2D eigenvalue weighted by atomic mass is 35.5. The van der Waals surface area contributed by atoms with Crippen molar-refractivity contribution in [2.45, 2.75) is 6.42 Å². The predicted molar refractivity (Wildman–Crippen MR) is 107 cm³/mol. The summed E-state index contributed by atoms with van der Waals surface area (Å²) in [7, 11) is 0. The first-order valence-electron chi connectivity index (χ1n) is 8.44. The zero-order valence-electron chi connectivity index (χ0n) is 14.7. The summed E-state index contributed by atoms with van der Waals surface area (Å²) in [4.78, 5) is 37.9. The highest BCUT2D eigenvalue weighted by Crippen LogP contribution is 2.32. The second-order valence-corrected chi connectivity index (χ2v) is 7.47. The van der Waals surface area contributed by atoms with Gasteiger partial charge >= 0.3 is 0 Å². The average Bonchev–Trinajstić information content (AvgIpc) is 2.93. The molecule has 5 nitrogen and oxygen atoms in total. The summed E-state index contributed by atoms with van der Waals surface area (Å²) in [5.74, 6) is -1.02. The van der Waals surface area contributed by atoms with E-state index in [9.17, 15) is 18.8 Å². The van der Waals surface area contributed by atoms with Crippen molar-refractivity contribution in [3.63, 3.8) is 0 Å². The van der Waals surface area contributed by atoms with E-state index in [2.05, 4.69) is 5.32 Å². The van der Waals surface area contributed by atoms with Gasteiger partial charge in [-0.15, -0.1) is 0 Å². The largest absolute Gasteiger partial charge is 0.354 e. The minimum atomic E-state index is -0.391. The van der Waals surface area contributed by atoms with E-state index in [0.717, 1.165) is 22.2 Å². The molecule has 1 saturated heterocycles. The molecule has 1 heterocycles. The third-order valence-corrected chi connectivity index (χ3v) is 5.14. The number of amides is 3. The van der Waals surface area contributed by atoms with E-state index in [1.807, 2.05) is 0 Å². The second kappa shape index (κ2) is 9.03. The Morgan fingerprint density at radius 2 is 1.79 bits per heavy atom. The van der Waals surface area contributed by atoms with E-state index in [-0.39, 0.29) is 36.5 Å². The van der Waals surface area contributed by atoms with Crippen molar-refractivity contribution in [1.82, 2.24) is 10.2 Å². The van der Waals surface area contributed by atoms with Gasteiger partial charge in [-0.3, -0.25) is 19.3 Å². The monoisotopic (exact) mass is 418 g/mol. The van der Waals surface area contributed by atoms with Gasteiger partial charge < -0.3 is 5.32 Å². The lowest BCUT2D eigenvalue weighted by Gasteiger charge is -2.13. The Morgan fingerprint density at radius 3 is 2.46 bits per heavy atom. The van der Waals surface area contributed by atoms with Crippen molar-refractivity contribution in [2.75, 3.05) is 13.1 Å². The molecule has 0 bridgehead atoms. The maximum absolute atomic E-state index is 12.9. The molecule has 2 aromatic rings. The molecule has 1 aliphatic rings.